The van der Waals surface area contributed by atoms with E-state index in [1.165, 1.54) is 0 Å². The first-order chi connectivity index (χ1) is 11.1. The van der Waals surface area contributed by atoms with Gasteiger partial charge in [-0.05, 0) is 24.1 Å². The van der Waals surface area contributed by atoms with E-state index in [1.807, 2.05) is 61.5 Å². The number of hydrogen-bond acceptors (Lipinski definition) is 4. The number of rotatable bonds is 7. The van der Waals surface area contributed by atoms with Gasteiger partial charge in [0, 0.05) is 26.8 Å². The van der Waals surface area contributed by atoms with Gasteiger partial charge in [-0.25, -0.2) is 4.98 Å². The maximum atomic E-state index is 12.0. The molecule has 0 spiro atoms. The molecule has 1 aromatic heterocycles. The van der Waals surface area contributed by atoms with Crippen molar-refractivity contribution in [1.29, 1.82) is 0 Å². The zero-order chi connectivity index (χ0) is 16.7. The third kappa shape index (κ3) is 5.38. The molecule has 5 heteroatoms. The average Bonchev–Trinajstić information content (AvgIpc) is 2.58. The Hall–Kier alpha value is -2.40. The first-order valence-corrected chi connectivity index (χ1v) is 7.62. The van der Waals surface area contributed by atoms with Gasteiger partial charge in [0.1, 0.15) is 11.9 Å². The van der Waals surface area contributed by atoms with Crippen LogP contribution in [0.2, 0.25) is 0 Å². The summed E-state index contributed by atoms with van der Waals surface area (Å²) in [4.78, 5) is 18.3. The summed E-state index contributed by atoms with van der Waals surface area (Å²) >= 11 is 0. The van der Waals surface area contributed by atoms with Gasteiger partial charge >= 0.3 is 0 Å². The van der Waals surface area contributed by atoms with Crippen LogP contribution in [0.3, 0.4) is 0 Å². The molecule has 2 aromatic rings. The first-order valence-electron chi connectivity index (χ1n) is 7.62. The van der Waals surface area contributed by atoms with Gasteiger partial charge in [0.15, 0.2) is 0 Å². The number of pyridine rings is 1. The standard InChI is InChI=1S/C18H23N3O2/c1-14(23-13-15-7-5-4-6-8-15)18(22)20-12-16-9-10-17(19-11-16)21(2)3/h4-11,14H,12-13H2,1-3H3,(H,20,22)/t14-/m1/s1. The molecule has 0 aliphatic carbocycles. The summed E-state index contributed by atoms with van der Waals surface area (Å²) in [7, 11) is 3.88. The summed E-state index contributed by atoms with van der Waals surface area (Å²) in [6.45, 7) is 2.62. The number of amides is 1. The third-order valence-electron chi connectivity index (χ3n) is 3.45. The minimum absolute atomic E-state index is 0.127. The molecule has 1 amide bonds. The van der Waals surface area contributed by atoms with Crippen LogP contribution in [0.5, 0.6) is 0 Å². The van der Waals surface area contributed by atoms with E-state index in [0.29, 0.717) is 13.2 Å². The number of anilines is 1. The molecule has 2 rings (SSSR count). The highest BCUT2D eigenvalue weighted by Crippen LogP contribution is 2.08. The summed E-state index contributed by atoms with van der Waals surface area (Å²) in [5.74, 6) is 0.761. The molecule has 0 saturated heterocycles. The Bertz CT molecular complexity index is 612. The normalized spacial score (nSPS) is 11.8. The second kappa shape index (κ2) is 8.29. The molecule has 1 aromatic carbocycles. The second-order valence-electron chi connectivity index (χ2n) is 5.58. The summed E-state index contributed by atoms with van der Waals surface area (Å²) < 4.78 is 5.59. The first kappa shape index (κ1) is 17.0. The summed E-state index contributed by atoms with van der Waals surface area (Å²) in [5, 5.41) is 2.87. The number of nitrogens with zero attached hydrogens (tertiary/aromatic N) is 2. The fourth-order valence-corrected chi connectivity index (χ4v) is 1.99. The van der Waals surface area contributed by atoms with Gasteiger partial charge in [0.2, 0.25) is 5.91 Å². The van der Waals surface area contributed by atoms with E-state index < -0.39 is 6.10 Å². The summed E-state index contributed by atoms with van der Waals surface area (Å²) in [6, 6.07) is 13.7. The number of hydrogen-bond donors (Lipinski definition) is 1. The number of aromatic nitrogens is 1. The second-order valence-corrected chi connectivity index (χ2v) is 5.58. The van der Waals surface area contributed by atoms with Gasteiger partial charge in [-0.15, -0.1) is 0 Å². The highest BCUT2D eigenvalue weighted by molar-refractivity contribution is 5.80. The van der Waals surface area contributed by atoms with Crippen LogP contribution >= 0.6 is 0 Å². The number of carbonyl (C=O) groups is 1. The molecule has 0 unspecified atom stereocenters. The van der Waals surface area contributed by atoms with E-state index in [2.05, 4.69) is 10.3 Å². The molecular weight excluding hydrogens is 290 g/mol. The van der Waals surface area contributed by atoms with E-state index in [-0.39, 0.29) is 5.91 Å². The Morgan fingerprint density at radius 2 is 1.91 bits per heavy atom. The van der Waals surface area contributed by atoms with Crippen LogP contribution in [0.25, 0.3) is 0 Å². The minimum atomic E-state index is -0.496. The number of nitrogens with one attached hydrogen (secondary N) is 1. The topological polar surface area (TPSA) is 54.5 Å². The highest BCUT2D eigenvalue weighted by atomic mass is 16.5. The Kier molecular flexibility index (Phi) is 6.11. The largest absolute Gasteiger partial charge is 0.364 e. The maximum absolute atomic E-state index is 12.0. The zero-order valence-electron chi connectivity index (χ0n) is 13.8. The Morgan fingerprint density at radius 3 is 2.52 bits per heavy atom. The van der Waals surface area contributed by atoms with Crippen LogP contribution < -0.4 is 10.2 Å². The molecular formula is C18H23N3O2. The smallest absolute Gasteiger partial charge is 0.249 e. The predicted octanol–water partition coefficient (Wildman–Crippen LogP) is 2.37. The van der Waals surface area contributed by atoms with Crippen LogP contribution in [0.1, 0.15) is 18.1 Å². The molecule has 0 aliphatic heterocycles. The van der Waals surface area contributed by atoms with Crippen LogP contribution in [-0.4, -0.2) is 31.1 Å². The lowest BCUT2D eigenvalue weighted by Gasteiger charge is -2.14. The number of carbonyl (C=O) groups excluding carboxylic acids is 1. The van der Waals surface area contributed by atoms with Gasteiger partial charge in [-0.3, -0.25) is 4.79 Å². The van der Waals surface area contributed by atoms with Gasteiger partial charge in [-0.2, -0.15) is 0 Å². The van der Waals surface area contributed by atoms with Crippen molar-refractivity contribution < 1.29 is 9.53 Å². The fraction of sp³-hybridized carbons (Fsp3) is 0.333. The van der Waals surface area contributed by atoms with Gasteiger partial charge in [-0.1, -0.05) is 36.4 Å². The van der Waals surface area contributed by atoms with Crippen molar-refractivity contribution in [3.05, 3.63) is 59.8 Å². The molecule has 0 fully saturated rings. The van der Waals surface area contributed by atoms with Crippen molar-refractivity contribution >= 4 is 11.7 Å². The summed E-state index contributed by atoms with van der Waals surface area (Å²) in [5.41, 5.74) is 2.01. The van der Waals surface area contributed by atoms with Crippen molar-refractivity contribution in [3.63, 3.8) is 0 Å². The molecule has 0 bridgehead atoms. The average molecular weight is 313 g/mol. The van der Waals surface area contributed by atoms with Crippen molar-refractivity contribution in [3.8, 4) is 0 Å². The van der Waals surface area contributed by atoms with E-state index in [4.69, 9.17) is 4.74 Å². The van der Waals surface area contributed by atoms with Crippen molar-refractivity contribution in [1.82, 2.24) is 10.3 Å². The maximum Gasteiger partial charge on any atom is 0.249 e. The quantitative estimate of drug-likeness (QED) is 0.852. The van der Waals surface area contributed by atoms with Gasteiger partial charge < -0.3 is 15.0 Å². The molecule has 1 atom stereocenters. The van der Waals surface area contributed by atoms with E-state index in [9.17, 15) is 4.79 Å². The molecule has 0 radical (unpaired) electrons. The van der Waals surface area contributed by atoms with Crippen LogP contribution in [0, 0.1) is 0 Å². The van der Waals surface area contributed by atoms with Crippen LogP contribution in [0.4, 0.5) is 5.82 Å². The molecule has 1 heterocycles. The number of benzene rings is 1. The zero-order valence-corrected chi connectivity index (χ0v) is 13.8. The Morgan fingerprint density at radius 1 is 1.17 bits per heavy atom. The highest BCUT2D eigenvalue weighted by Gasteiger charge is 2.13. The predicted molar refractivity (Wildman–Crippen MR) is 91.1 cm³/mol. The van der Waals surface area contributed by atoms with Gasteiger partial charge in [0.25, 0.3) is 0 Å². The van der Waals surface area contributed by atoms with Crippen LogP contribution in [-0.2, 0) is 22.7 Å². The Balaban J connectivity index is 1.77. The van der Waals surface area contributed by atoms with Crippen LogP contribution in [0.15, 0.2) is 48.7 Å². The van der Waals surface area contributed by atoms with E-state index in [1.54, 1.807) is 13.1 Å². The molecule has 23 heavy (non-hydrogen) atoms. The van der Waals surface area contributed by atoms with E-state index in [0.717, 1.165) is 16.9 Å². The van der Waals surface area contributed by atoms with Crippen molar-refractivity contribution in [2.45, 2.75) is 26.2 Å². The SMILES string of the molecule is C[C@@H](OCc1ccccc1)C(=O)NCc1ccc(N(C)C)nc1. The fourth-order valence-electron chi connectivity index (χ4n) is 1.99. The van der Waals surface area contributed by atoms with E-state index >= 15 is 0 Å². The summed E-state index contributed by atoms with van der Waals surface area (Å²) in [6.07, 6.45) is 1.27. The molecule has 0 aliphatic rings. The molecule has 5 nitrogen and oxygen atoms in total. The minimum Gasteiger partial charge on any atom is -0.364 e. The lowest BCUT2D eigenvalue weighted by atomic mass is 10.2. The van der Waals surface area contributed by atoms with Gasteiger partial charge in [0.05, 0.1) is 6.61 Å². The lowest BCUT2D eigenvalue weighted by molar-refractivity contribution is -0.132. The van der Waals surface area contributed by atoms with Crippen molar-refractivity contribution in [2.75, 3.05) is 19.0 Å². The molecule has 122 valence electrons. The van der Waals surface area contributed by atoms with Crippen molar-refractivity contribution in [2.24, 2.45) is 0 Å². The lowest BCUT2D eigenvalue weighted by Crippen LogP contribution is -2.34. The molecule has 0 saturated carbocycles. The Labute approximate surface area is 137 Å². The molecule has 1 N–H and O–H groups in total. The monoisotopic (exact) mass is 313 g/mol. The number of ether oxygens (including phenoxy) is 1. The third-order valence-corrected chi connectivity index (χ3v) is 3.45.